The largest absolute Gasteiger partial charge is 0.464 e. The number of hydrogen-bond donors (Lipinski definition) is 0. The lowest BCUT2D eigenvalue weighted by Gasteiger charge is -2.16. The first kappa shape index (κ1) is 12.5. The van der Waals surface area contributed by atoms with Gasteiger partial charge in [-0.1, -0.05) is 12.1 Å². The summed E-state index contributed by atoms with van der Waals surface area (Å²) in [5, 5.41) is 0. The van der Waals surface area contributed by atoms with Gasteiger partial charge in [0.2, 0.25) is 0 Å². The van der Waals surface area contributed by atoms with Crippen LogP contribution in [0, 0.1) is 0 Å². The molecule has 0 bridgehead atoms. The van der Waals surface area contributed by atoms with Gasteiger partial charge in [0.15, 0.2) is 0 Å². The van der Waals surface area contributed by atoms with E-state index in [-0.39, 0.29) is 5.75 Å². The van der Waals surface area contributed by atoms with Crippen molar-refractivity contribution in [2.75, 3.05) is 0 Å². The highest BCUT2D eigenvalue weighted by atomic mass is 19.3. The van der Waals surface area contributed by atoms with Crippen LogP contribution in [-0.2, 0) is 0 Å². The first-order valence-electron chi connectivity index (χ1n) is 4.98. The number of alkyl halides is 4. The van der Waals surface area contributed by atoms with E-state index in [0.29, 0.717) is 11.3 Å². The van der Waals surface area contributed by atoms with Crippen LogP contribution in [0.25, 0.3) is 11.3 Å². The summed E-state index contributed by atoms with van der Waals surface area (Å²) in [5.41, 5.74) is 0.461. The summed E-state index contributed by atoms with van der Waals surface area (Å²) in [4.78, 5) is 0. The number of benzene rings is 1. The number of hydrogen-bond acceptors (Lipinski definition) is 2. The Balaban J connectivity index is 2.23. The predicted octanol–water partition coefficient (Wildman–Crippen LogP) is 4.18. The van der Waals surface area contributed by atoms with Crippen molar-refractivity contribution in [3.05, 3.63) is 42.7 Å². The van der Waals surface area contributed by atoms with Crippen LogP contribution in [0.15, 0.2) is 47.1 Å². The van der Waals surface area contributed by atoms with Crippen molar-refractivity contribution >= 4 is 0 Å². The maximum atomic E-state index is 12.7. The normalized spacial score (nSPS) is 11.8. The van der Waals surface area contributed by atoms with Gasteiger partial charge in [-0.25, -0.2) is 0 Å². The summed E-state index contributed by atoms with van der Waals surface area (Å²) in [5.74, 6) is 0.0787. The molecular weight excluding hydrogens is 252 g/mol. The van der Waals surface area contributed by atoms with Crippen molar-refractivity contribution in [2.45, 2.75) is 12.5 Å². The molecule has 18 heavy (non-hydrogen) atoms. The minimum atomic E-state index is -4.51. The number of ether oxygens (including phenoxy) is 1. The fourth-order valence-corrected chi connectivity index (χ4v) is 1.36. The lowest BCUT2D eigenvalue weighted by Crippen LogP contribution is -2.33. The van der Waals surface area contributed by atoms with Gasteiger partial charge in [-0.3, -0.25) is 0 Å². The molecule has 2 nitrogen and oxygen atoms in total. The molecule has 2 rings (SSSR count). The van der Waals surface area contributed by atoms with E-state index in [0.717, 1.165) is 0 Å². The molecule has 0 saturated heterocycles. The molecule has 0 unspecified atom stereocenters. The third-order valence-electron chi connectivity index (χ3n) is 2.15. The molecule has 1 aromatic heterocycles. The van der Waals surface area contributed by atoms with Gasteiger partial charge in [0, 0.05) is 5.56 Å². The lowest BCUT2D eigenvalue weighted by molar-refractivity contribution is -0.253. The maximum Gasteiger partial charge on any atom is 0.461 e. The Kier molecular flexibility index (Phi) is 3.27. The fraction of sp³-hybridized carbons (Fsp3) is 0.167. The van der Waals surface area contributed by atoms with E-state index in [2.05, 4.69) is 4.74 Å². The summed E-state index contributed by atoms with van der Waals surface area (Å²) >= 11 is 0. The summed E-state index contributed by atoms with van der Waals surface area (Å²) in [6.45, 7) is 0. The molecule has 1 aromatic carbocycles. The Labute approximate surface area is 99.8 Å². The fourth-order valence-electron chi connectivity index (χ4n) is 1.36. The van der Waals surface area contributed by atoms with Crippen LogP contribution in [0.3, 0.4) is 0 Å². The molecule has 6 heteroatoms. The molecule has 0 N–H and O–H groups in total. The van der Waals surface area contributed by atoms with E-state index in [9.17, 15) is 17.6 Å². The third kappa shape index (κ3) is 2.64. The average Bonchev–Trinajstić information content (AvgIpc) is 2.82. The zero-order chi connectivity index (χ0) is 13.2. The van der Waals surface area contributed by atoms with Gasteiger partial charge in [-0.15, -0.1) is 0 Å². The summed E-state index contributed by atoms with van der Waals surface area (Å²) < 4.78 is 58.4. The van der Waals surface area contributed by atoms with Crippen molar-refractivity contribution in [3.63, 3.8) is 0 Å². The molecule has 96 valence electrons. The standard InChI is InChI=1S/C12H8F4O2/c13-11(14)12(15,16)18-9-4-1-3-8(7-9)10-5-2-6-17-10/h1-7,11H. The average molecular weight is 260 g/mol. The Hall–Kier alpha value is -1.98. The second-order valence-corrected chi connectivity index (χ2v) is 3.47. The van der Waals surface area contributed by atoms with Crippen LogP contribution in [0.5, 0.6) is 5.75 Å². The molecule has 0 atom stereocenters. The van der Waals surface area contributed by atoms with Crippen LogP contribution in [-0.4, -0.2) is 12.5 Å². The van der Waals surface area contributed by atoms with Crippen molar-refractivity contribution in [2.24, 2.45) is 0 Å². The van der Waals surface area contributed by atoms with E-state index >= 15 is 0 Å². The zero-order valence-electron chi connectivity index (χ0n) is 8.95. The maximum absolute atomic E-state index is 12.7. The molecule has 0 spiro atoms. The smallest absolute Gasteiger partial charge is 0.461 e. The zero-order valence-corrected chi connectivity index (χ0v) is 8.95. The molecule has 0 saturated carbocycles. The van der Waals surface area contributed by atoms with E-state index in [1.54, 1.807) is 18.2 Å². The van der Waals surface area contributed by atoms with E-state index in [1.807, 2.05) is 0 Å². The topological polar surface area (TPSA) is 22.4 Å². The number of rotatable bonds is 4. The molecule has 0 aliphatic rings. The van der Waals surface area contributed by atoms with E-state index < -0.39 is 12.5 Å². The summed E-state index contributed by atoms with van der Waals surface area (Å²) in [6, 6.07) is 8.61. The Bertz CT molecular complexity index is 509. The first-order valence-corrected chi connectivity index (χ1v) is 4.98. The third-order valence-corrected chi connectivity index (χ3v) is 2.15. The van der Waals surface area contributed by atoms with Gasteiger partial charge < -0.3 is 9.15 Å². The van der Waals surface area contributed by atoms with Crippen LogP contribution >= 0.6 is 0 Å². The molecule has 0 fully saturated rings. The van der Waals surface area contributed by atoms with Crippen molar-refractivity contribution in [1.29, 1.82) is 0 Å². The van der Waals surface area contributed by atoms with Crippen molar-refractivity contribution in [3.8, 4) is 17.1 Å². The van der Waals surface area contributed by atoms with Gasteiger partial charge in [0.25, 0.3) is 0 Å². The minimum Gasteiger partial charge on any atom is -0.464 e. The first-order chi connectivity index (χ1) is 8.49. The van der Waals surface area contributed by atoms with Gasteiger partial charge in [-0.2, -0.15) is 17.6 Å². The summed E-state index contributed by atoms with van der Waals surface area (Å²) in [7, 11) is 0. The number of halogens is 4. The molecule has 1 heterocycles. The second kappa shape index (κ2) is 4.72. The monoisotopic (exact) mass is 260 g/mol. The highest BCUT2D eigenvalue weighted by Gasteiger charge is 2.43. The van der Waals surface area contributed by atoms with Crippen molar-refractivity contribution < 1.29 is 26.7 Å². The van der Waals surface area contributed by atoms with Crippen LogP contribution in [0.2, 0.25) is 0 Å². The predicted molar refractivity (Wildman–Crippen MR) is 55.7 cm³/mol. The van der Waals surface area contributed by atoms with Crippen LogP contribution in [0.1, 0.15) is 0 Å². The minimum absolute atomic E-state index is 0.353. The Morgan fingerprint density at radius 3 is 2.50 bits per heavy atom. The SMILES string of the molecule is FC(F)C(F)(F)Oc1cccc(-c2ccco2)c1. The highest BCUT2D eigenvalue weighted by Crippen LogP contribution is 2.30. The second-order valence-electron chi connectivity index (χ2n) is 3.47. The van der Waals surface area contributed by atoms with Gasteiger partial charge in [-0.05, 0) is 24.3 Å². The Morgan fingerprint density at radius 1 is 1.11 bits per heavy atom. The van der Waals surface area contributed by atoms with Crippen LogP contribution in [0.4, 0.5) is 17.6 Å². The van der Waals surface area contributed by atoms with Gasteiger partial charge >= 0.3 is 12.5 Å². The van der Waals surface area contributed by atoms with E-state index in [1.165, 1.54) is 24.5 Å². The number of furan rings is 1. The molecule has 0 aliphatic carbocycles. The highest BCUT2D eigenvalue weighted by molar-refractivity contribution is 5.59. The molecule has 0 amide bonds. The molecule has 0 aliphatic heterocycles. The lowest BCUT2D eigenvalue weighted by atomic mass is 10.1. The quantitative estimate of drug-likeness (QED) is 0.769. The summed E-state index contributed by atoms with van der Waals surface area (Å²) in [6.07, 6.45) is -6.98. The molecular formula is C12H8F4O2. The Morgan fingerprint density at radius 2 is 1.89 bits per heavy atom. The molecule has 0 radical (unpaired) electrons. The van der Waals surface area contributed by atoms with Crippen molar-refractivity contribution in [1.82, 2.24) is 0 Å². The van der Waals surface area contributed by atoms with Crippen LogP contribution < -0.4 is 4.74 Å². The molecule has 2 aromatic rings. The van der Waals surface area contributed by atoms with Gasteiger partial charge in [0.05, 0.1) is 6.26 Å². The van der Waals surface area contributed by atoms with Gasteiger partial charge in [0.1, 0.15) is 11.5 Å². The van der Waals surface area contributed by atoms with E-state index in [4.69, 9.17) is 4.42 Å².